The first-order chi connectivity index (χ1) is 4.00. The van der Waals surface area contributed by atoms with Crippen molar-refractivity contribution in [2.45, 2.75) is 0 Å². The zero-order valence-corrected chi connectivity index (χ0v) is 10.4. The van der Waals surface area contributed by atoms with Gasteiger partial charge in [0.15, 0.2) is 0 Å². The van der Waals surface area contributed by atoms with Gasteiger partial charge in [0, 0.05) is 17.6 Å². The van der Waals surface area contributed by atoms with Gasteiger partial charge >= 0.3 is 13.4 Å². The van der Waals surface area contributed by atoms with E-state index in [2.05, 4.69) is 23.6 Å². The van der Waals surface area contributed by atoms with Crippen LogP contribution in [0, 0.1) is 0 Å². The van der Waals surface area contributed by atoms with Gasteiger partial charge in [-0.1, -0.05) is 0 Å². The number of rotatable bonds is 0. The number of hydrogen-bond acceptors (Lipinski definition) is 2. The van der Waals surface area contributed by atoms with E-state index in [4.69, 9.17) is 29.4 Å². The van der Waals surface area contributed by atoms with Crippen LogP contribution in [0.15, 0.2) is 0 Å². The maximum Gasteiger partial charge on any atom is 0.319 e. The molecule has 0 rings (SSSR count). The Bertz CT molecular complexity index is 131. The molecule has 0 aliphatic heterocycles. The van der Waals surface area contributed by atoms with E-state index in [9.17, 15) is 0 Å². The Hall–Kier alpha value is 1.60. The average molecular weight is 301 g/mol. The molecule has 0 saturated heterocycles. The minimum atomic E-state index is -3.81. The van der Waals surface area contributed by atoms with Crippen molar-refractivity contribution < 1.29 is 29.4 Å². The van der Waals surface area contributed by atoms with Gasteiger partial charge in [0.05, 0.1) is 0 Å². The summed E-state index contributed by atoms with van der Waals surface area (Å²) in [5.74, 6) is 0. The van der Waals surface area contributed by atoms with Crippen LogP contribution in [-0.4, -0.2) is 47.0 Å². The number of hydrogen-bond donors (Lipinski definition) is 6. The molecule has 0 spiro atoms. The summed E-state index contributed by atoms with van der Waals surface area (Å²) < 4.78 is 0. The zero-order valence-electron chi connectivity index (χ0n) is 4.89. The van der Waals surface area contributed by atoms with Gasteiger partial charge in [-0.2, -0.15) is 0 Å². The summed E-state index contributed by atoms with van der Waals surface area (Å²) in [5.41, 5.74) is 0. The van der Waals surface area contributed by atoms with Crippen molar-refractivity contribution in [1.29, 1.82) is 0 Å². The first-order valence-corrected chi connectivity index (χ1v) is 6.89. The molecule has 6 nitrogen and oxygen atoms in total. The van der Waals surface area contributed by atoms with E-state index in [1.165, 1.54) is 0 Å². The van der Waals surface area contributed by atoms with Gasteiger partial charge < -0.3 is 29.4 Å². The van der Waals surface area contributed by atoms with Crippen LogP contribution in [0.1, 0.15) is 0 Å². The van der Waals surface area contributed by atoms with Gasteiger partial charge in [-0.15, -0.1) is 0 Å². The maximum atomic E-state index is 7.56. The molecule has 0 amide bonds. The van der Waals surface area contributed by atoms with E-state index >= 15 is 0 Å². The summed E-state index contributed by atoms with van der Waals surface area (Å²) in [6.45, 7) is -7.61. The van der Waals surface area contributed by atoms with Crippen LogP contribution in [0.25, 0.3) is 0 Å². The molecule has 0 fully saturated rings. The second-order valence-electron chi connectivity index (χ2n) is 1.03. The van der Waals surface area contributed by atoms with Crippen LogP contribution in [0.2, 0.25) is 0 Å². The third kappa shape index (κ3) is 416. The van der Waals surface area contributed by atoms with E-state index in [1.54, 1.807) is 0 Å². The van der Waals surface area contributed by atoms with Crippen LogP contribution in [-0.2, 0) is 23.6 Å². The summed E-state index contributed by atoms with van der Waals surface area (Å²) in [7, 11) is 0. The molecule has 0 bridgehead atoms. The van der Waals surface area contributed by atoms with Crippen molar-refractivity contribution in [3.05, 3.63) is 0 Å². The van der Waals surface area contributed by atoms with Crippen LogP contribution in [0.4, 0.5) is 0 Å². The predicted molar refractivity (Wildman–Crippen MR) is 47.6 cm³/mol. The fraction of sp³-hybridized carbons (Fsp3) is 0. The van der Waals surface area contributed by atoms with E-state index < -0.39 is 13.4 Å². The Balaban J connectivity index is -0.000000107. The molecule has 0 heterocycles. The fourth-order valence-corrected chi connectivity index (χ4v) is 0. The molecule has 0 saturated carbocycles. The summed E-state index contributed by atoms with van der Waals surface area (Å²) >= 11 is 7.21. The normalized spacial score (nSPS) is 10.7. The summed E-state index contributed by atoms with van der Waals surface area (Å²) in [4.78, 5) is 45.3. The van der Waals surface area contributed by atoms with Crippen molar-refractivity contribution >= 4 is 54.6 Å². The molecular formula is H6GeO6P2S2. The monoisotopic (exact) mass is 302 g/mol. The second-order valence-corrected chi connectivity index (χ2v) is 6.02. The Kier molecular flexibility index (Phi) is 11.8. The molecule has 68 valence electrons. The van der Waals surface area contributed by atoms with E-state index in [-0.39, 0.29) is 17.6 Å². The van der Waals surface area contributed by atoms with E-state index in [1.807, 2.05) is 0 Å². The molecule has 0 aliphatic carbocycles. The predicted octanol–water partition coefficient (Wildman–Crippen LogP) is -2.01. The van der Waals surface area contributed by atoms with Gasteiger partial charge in [0.25, 0.3) is 0 Å². The molecule has 6 N–H and O–H groups in total. The van der Waals surface area contributed by atoms with Crippen molar-refractivity contribution in [2.75, 3.05) is 0 Å². The van der Waals surface area contributed by atoms with Crippen molar-refractivity contribution in [2.24, 2.45) is 0 Å². The minimum Gasteiger partial charge on any atom is -0.325 e. The summed E-state index contributed by atoms with van der Waals surface area (Å²) in [6, 6.07) is 0. The van der Waals surface area contributed by atoms with Crippen LogP contribution < -0.4 is 0 Å². The quantitative estimate of drug-likeness (QED) is 0.224. The molecule has 0 aromatic carbocycles. The molecule has 0 unspecified atom stereocenters. The average Bonchev–Trinajstić information content (AvgIpc) is 1.12. The molecular weight excluding hydrogens is 295 g/mol. The first-order valence-electron chi connectivity index (χ1n) is 1.57. The third-order valence-corrected chi connectivity index (χ3v) is 0. The van der Waals surface area contributed by atoms with Gasteiger partial charge in [0.1, 0.15) is 0 Å². The summed E-state index contributed by atoms with van der Waals surface area (Å²) in [6.07, 6.45) is 0. The molecule has 11 heteroatoms. The fourth-order valence-electron chi connectivity index (χ4n) is 0. The Morgan fingerprint density at radius 1 is 0.636 bits per heavy atom. The molecule has 11 heavy (non-hydrogen) atoms. The largest absolute Gasteiger partial charge is 0.325 e. The Labute approximate surface area is 84.0 Å². The maximum absolute atomic E-state index is 7.56. The van der Waals surface area contributed by atoms with Gasteiger partial charge in [-0.05, 0) is 23.6 Å². The van der Waals surface area contributed by atoms with E-state index in [0.29, 0.717) is 0 Å². The Morgan fingerprint density at radius 2 is 0.636 bits per heavy atom. The first kappa shape index (κ1) is 18.4. The SMILES string of the molecule is OP(O)(O)=S.OP(O)(O)=S.[Ge]. The smallest absolute Gasteiger partial charge is 0.319 e. The third-order valence-electron chi connectivity index (χ3n) is 0. The Morgan fingerprint density at radius 3 is 0.636 bits per heavy atom. The standard InChI is InChI=1S/Ge.2H3O3PS/c;2*1-4(2,3)5/h;2*(H3,1,2,3,5). The van der Waals surface area contributed by atoms with Crippen LogP contribution >= 0.6 is 13.4 Å². The van der Waals surface area contributed by atoms with Crippen molar-refractivity contribution in [3.63, 3.8) is 0 Å². The van der Waals surface area contributed by atoms with Crippen LogP contribution in [0.5, 0.6) is 0 Å². The molecule has 0 aromatic heterocycles. The van der Waals surface area contributed by atoms with Crippen molar-refractivity contribution in [3.8, 4) is 0 Å². The van der Waals surface area contributed by atoms with Crippen LogP contribution in [0.3, 0.4) is 0 Å². The van der Waals surface area contributed by atoms with Crippen molar-refractivity contribution in [1.82, 2.24) is 0 Å². The van der Waals surface area contributed by atoms with Gasteiger partial charge in [-0.25, -0.2) is 0 Å². The molecule has 0 aliphatic rings. The molecule has 4 radical (unpaired) electrons. The topological polar surface area (TPSA) is 121 Å². The molecule has 0 atom stereocenters. The zero-order chi connectivity index (χ0) is 9.00. The molecule has 0 aromatic rings. The minimum absolute atomic E-state index is 0. The van der Waals surface area contributed by atoms with E-state index in [0.717, 1.165) is 0 Å². The van der Waals surface area contributed by atoms with Gasteiger partial charge in [0.2, 0.25) is 0 Å². The summed E-state index contributed by atoms with van der Waals surface area (Å²) in [5, 5.41) is 0. The van der Waals surface area contributed by atoms with Gasteiger partial charge in [-0.3, -0.25) is 0 Å². The second kappa shape index (κ2) is 7.05.